The molecule has 334 valence electrons. The number of thioether (sulfide) groups is 1. The lowest BCUT2D eigenvalue weighted by Crippen LogP contribution is -2.59. The molecule has 0 bridgehead atoms. The van der Waals surface area contributed by atoms with E-state index in [1.54, 1.807) is 72.8 Å². The van der Waals surface area contributed by atoms with Gasteiger partial charge in [-0.25, -0.2) is 0 Å². The van der Waals surface area contributed by atoms with Crippen LogP contribution >= 0.6 is 11.8 Å². The standard InChI is InChI=1S/C42H57N11O8S/c1-62-20-18-32(40(60)51-31(13-8-19-47-42(45)46)39(59)53-33(37(44)57)22-26-9-4-2-5-10-26)52-41(61)34(23-27-11-6-3-7-12-27)50-36(56)25-48-35(55)24-49-38(58)30(43)21-28-14-16-29(54)17-15-28/h2-7,9-12,14-17,30-34,54H,8,13,18-25,43H2,1H3,(H2,44,57)(H,48,55)(H,49,58)(H,50,56)(H,51,60)(H,52,61)(H,53,59)(H4,45,46,47)/t30-,31-,32-,33?,34-/m0/s1. The van der Waals surface area contributed by atoms with Crippen molar-refractivity contribution < 1.29 is 38.7 Å². The van der Waals surface area contributed by atoms with Crippen LogP contribution in [-0.2, 0) is 52.8 Å². The van der Waals surface area contributed by atoms with Gasteiger partial charge in [0.15, 0.2) is 5.96 Å². The predicted molar refractivity (Wildman–Crippen MR) is 236 cm³/mol. The van der Waals surface area contributed by atoms with E-state index in [0.29, 0.717) is 16.9 Å². The molecule has 0 saturated carbocycles. The topological polar surface area (TPSA) is 328 Å². The molecule has 0 aromatic heterocycles. The summed E-state index contributed by atoms with van der Waals surface area (Å²) in [4.78, 5) is 96.1. The highest BCUT2D eigenvalue weighted by atomic mass is 32.2. The lowest BCUT2D eigenvalue weighted by Gasteiger charge is -2.26. The van der Waals surface area contributed by atoms with Crippen molar-refractivity contribution >= 4 is 59.1 Å². The van der Waals surface area contributed by atoms with Crippen LogP contribution in [0.1, 0.15) is 36.0 Å². The van der Waals surface area contributed by atoms with E-state index >= 15 is 0 Å². The van der Waals surface area contributed by atoms with Crippen molar-refractivity contribution in [2.75, 3.05) is 31.6 Å². The molecule has 0 aliphatic carbocycles. The molecule has 3 aromatic carbocycles. The van der Waals surface area contributed by atoms with E-state index in [-0.39, 0.29) is 56.8 Å². The van der Waals surface area contributed by atoms with Crippen molar-refractivity contribution in [1.29, 1.82) is 0 Å². The second-order valence-electron chi connectivity index (χ2n) is 14.3. The van der Waals surface area contributed by atoms with E-state index in [0.717, 1.165) is 5.56 Å². The maximum Gasteiger partial charge on any atom is 0.243 e. The number of rotatable bonds is 26. The average molecular weight is 876 g/mol. The minimum absolute atomic E-state index is 0.0178. The number of aliphatic imine (C=N–C) groups is 1. The van der Waals surface area contributed by atoms with Crippen LogP contribution in [0.4, 0.5) is 0 Å². The highest BCUT2D eigenvalue weighted by Gasteiger charge is 2.31. The molecule has 5 atom stereocenters. The second-order valence-corrected chi connectivity index (χ2v) is 15.3. The molecule has 1 unspecified atom stereocenters. The van der Waals surface area contributed by atoms with Crippen LogP contribution in [0.5, 0.6) is 5.75 Å². The van der Waals surface area contributed by atoms with Gasteiger partial charge in [-0.05, 0) is 66.5 Å². The van der Waals surface area contributed by atoms with E-state index < -0.39 is 84.6 Å². The molecule has 19 nitrogen and oxygen atoms in total. The summed E-state index contributed by atoms with van der Waals surface area (Å²) < 4.78 is 0. The van der Waals surface area contributed by atoms with Crippen molar-refractivity contribution in [2.45, 2.75) is 68.7 Å². The van der Waals surface area contributed by atoms with Gasteiger partial charge >= 0.3 is 0 Å². The number of aromatic hydroxyl groups is 1. The van der Waals surface area contributed by atoms with Crippen LogP contribution < -0.4 is 54.8 Å². The third kappa shape index (κ3) is 18.7. The number of nitrogens with zero attached hydrogens (tertiary/aromatic N) is 1. The van der Waals surface area contributed by atoms with E-state index in [1.165, 1.54) is 23.9 Å². The molecule has 3 aromatic rings. The molecule has 20 heteroatoms. The zero-order valence-corrected chi connectivity index (χ0v) is 35.3. The van der Waals surface area contributed by atoms with Gasteiger partial charge in [0, 0.05) is 19.4 Å². The fourth-order valence-corrected chi connectivity index (χ4v) is 6.46. The zero-order chi connectivity index (χ0) is 45.4. The third-order valence-electron chi connectivity index (χ3n) is 9.30. The summed E-state index contributed by atoms with van der Waals surface area (Å²) in [6.07, 6.45) is 2.57. The number of phenolic OH excluding ortho intramolecular Hbond substituents is 1. The molecule has 0 fully saturated rings. The Labute approximate surface area is 364 Å². The number of primary amides is 1. The van der Waals surface area contributed by atoms with Gasteiger partial charge in [-0.1, -0.05) is 72.8 Å². The number of hydrogen-bond acceptors (Lipinski definition) is 11. The second kappa shape index (κ2) is 26.5. The molecule has 3 rings (SSSR count). The Morgan fingerprint density at radius 1 is 0.597 bits per heavy atom. The van der Waals surface area contributed by atoms with Crippen molar-refractivity contribution in [3.63, 3.8) is 0 Å². The SMILES string of the molecule is CSCC[C@H](NC(=O)[C@H](Cc1ccccc1)NC(=O)CNC(=O)CNC(=O)[C@@H](N)Cc1ccc(O)cc1)C(=O)N[C@@H](CCCN=C(N)N)C(=O)NC(Cc1ccccc1)C(N)=O. The van der Waals surface area contributed by atoms with Gasteiger partial charge in [-0.2, -0.15) is 11.8 Å². The Morgan fingerprint density at radius 2 is 1.10 bits per heavy atom. The summed E-state index contributed by atoms with van der Waals surface area (Å²) in [5.74, 6) is -4.56. The van der Waals surface area contributed by atoms with Crippen LogP contribution in [0, 0.1) is 0 Å². The Kier molecular flexibility index (Phi) is 21.3. The van der Waals surface area contributed by atoms with Crippen LogP contribution in [0.2, 0.25) is 0 Å². The minimum Gasteiger partial charge on any atom is -0.508 e. The van der Waals surface area contributed by atoms with Gasteiger partial charge in [-0.15, -0.1) is 0 Å². The van der Waals surface area contributed by atoms with Crippen molar-refractivity contribution in [3.8, 4) is 5.75 Å². The number of benzene rings is 3. The summed E-state index contributed by atoms with van der Waals surface area (Å²) in [6.45, 7) is -0.875. The van der Waals surface area contributed by atoms with Crippen LogP contribution in [0.3, 0.4) is 0 Å². The molecule has 0 aliphatic rings. The first-order valence-corrected chi connectivity index (χ1v) is 21.2. The van der Waals surface area contributed by atoms with Gasteiger partial charge in [0.25, 0.3) is 0 Å². The van der Waals surface area contributed by atoms with Gasteiger partial charge in [0.1, 0.15) is 29.9 Å². The minimum atomic E-state index is -1.21. The largest absolute Gasteiger partial charge is 0.508 e. The average Bonchev–Trinajstić information content (AvgIpc) is 3.25. The number of nitrogens with two attached hydrogens (primary N) is 4. The molecule has 15 N–H and O–H groups in total. The zero-order valence-electron chi connectivity index (χ0n) is 34.5. The molecule has 0 aliphatic heterocycles. The number of guanidine groups is 1. The van der Waals surface area contributed by atoms with Crippen molar-refractivity contribution in [2.24, 2.45) is 27.9 Å². The number of carbonyl (C=O) groups is 7. The van der Waals surface area contributed by atoms with Crippen molar-refractivity contribution in [3.05, 3.63) is 102 Å². The predicted octanol–water partition coefficient (Wildman–Crippen LogP) is -1.79. The maximum absolute atomic E-state index is 13.9. The molecular formula is C42H57N11O8S. The molecule has 0 radical (unpaired) electrons. The fourth-order valence-electron chi connectivity index (χ4n) is 5.99. The van der Waals surface area contributed by atoms with Gasteiger partial charge in [-0.3, -0.25) is 38.6 Å². The Bertz CT molecular complexity index is 1970. The molecule has 0 heterocycles. The lowest BCUT2D eigenvalue weighted by molar-refractivity contribution is -0.134. The highest BCUT2D eigenvalue weighted by molar-refractivity contribution is 7.98. The van der Waals surface area contributed by atoms with Crippen molar-refractivity contribution in [1.82, 2.24) is 31.9 Å². The van der Waals surface area contributed by atoms with Gasteiger partial charge < -0.3 is 59.9 Å². The highest BCUT2D eigenvalue weighted by Crippen LogP contribution is 2.12. The molecule has 7 amide bonds. The normalized spacial score (nSPS) is 13.1. The fraction of sp³-hybridized carbons (Fsp3) is 0.381. The summed E-state index contributed by atoms with van der Waals surface area (Å²) in [5, 5.41) is 25.0. The Hall–Kier alpha value is -6.67. The first kappa shape index (κ1) is 49.7. The van der Waals surface area contributed by atoms with E-state index in [4.69, 9.17) is 22.9 Å². The first-order valence-electron chi connectivity index (χ1n) is 19.8. The molecule has 62 heavy (non-hydrogen) atoms. The molecule has 0 saturated heterocycles. The van der Waals surface area contributed by atoms with Crippen LogP contribution in [0.15, 0.2) is 89.9 Å². The number of hydrogen-bond donors (Lipinski definition) is 11. The van der Waals surface area contributed by atoms with Gasteiger partial charge in [0.2, 0.25) is 41.4 Å². The Morgan fingerprint density at radius 3 is 1.65 bits per heavy atom. The number of phenols is 1. The van der Waals surface area contributed by atoms with E-state index in [1.807, 2.05) is 6.26 Å². The summed E-state index contributed by atoms with van der Waals surface area (Å²) in [5.41, 5.74) is 24.7. The third-order valence-corrected chi connectivity index (χ3v) is 9.94. The maximum atomic E-state index is 13.9. The Balaban J connectivity index is 1.69. The summed E-state index contributed by atoms with van der Waals surface area (Å²) >= 11 is 1.42. The quantitative estimate of drug-likeness (QED) is 0.0242. The van der Waals surface area contributed by atoms with Crippen LogP contribution in [0.25, 0.3) is 0 Å². The van der Waals surface area contributed by atoms with E-state index in [9.17, 15) is 38.7 Å². The van der Waals surface area contributed by atoms with E-state index in [2.05, 4.69) is 36.9 Å². The number of amides is 7. The summed E-state index contributed by atoms with van der Waals surface area (Å²) in [6, 6.07) is 18.3. The van der Waals surface area contributed by atoms with Gasteiger partial charge in [0.05, 0.1) is 19.1 Å². The number of nitrogens with one attached hydrogen (secondary N) is 6. The molecular weight excluding hydrogens is 819 g/mol. The molecule has 0 spiro atoms. The monoisotopic (exact) mass is 875 g/mol. The van der Waals surface area contributed by atoms with Crippen LogP contribution in [-0.4, -0.2) is 114 Å². The lowest BCUT2D eigenvalue weighted by atomic mass is 10.0. The smallest absolute Gasteiger partial charge is 0.243 e. The first-order chi connectivity index (χ1) is 29.6. The number of carbonyl (C=O) groups excluding carboxylic acids is 7. The summed E-state index contributed by atoms with van der Waals surface area (Å²) in [7, 11) is 0.